The van der Waals surface area contributed by atoms with E-state index in [-0.39, 0.29) is 24.0 Å². The summed E-state index contributed by atoms with van der Waals surface area (Å²) >= 11 is 6.24. The van der Waals surface area contributed by atoms with E-state index in [1.807, 2.05) is 25.1 Å². The lowest BCUT2D eigenvalue weighted by atomic mass is 10.2. The summed E-state index contributed by atoms with van der Waals surface area (Å²) in [5.74, 6) is 1.25. The van der Waals surface area contributed by atoms with Crippen LogP contribution in [0.2, 0.25) is 5.02 Å². The smallest absolute Gasteiger partial charge is 0.243 e. The van der Waals surface area contributed by atoms with Crippen molar-refractivity contribution in [2.45, 2.75) is 37.6 Å². The number of sulfonamides is 1. The summed E-state index contributed by atoms with van der Waals surface area (Å²) in [6.07, 6.45) is 1.96. The number of carbonyl (C=O) groups is 1. The van der Waals surface area contributed by atoms with Gasteiger partial charge in [0.25, 0.3) is 0 Å². The fourth-order valence-corrected chi connectivity index (χ4v) is 5.67. The molecule has 1 amide bonds. The number of carbonyl (C=O) groups excluding carboxylic acids is 1. The molecule has 178 valence electrons. The van der Waals surface area contributed by atoms with Gasteiger partial charge in [-0.2, -0.15) is 4.31 Å². The number of rotatable bonds is 9. The third kappa shape index (κ3) is 5.60. The topological polar surface area (TPSA) is 88.2 Å². The molecule has 0 saturated carbocycles. The van der Waals surface area contributed by atoms with Gasteiger partial charge in [0.15, 0.2) is 11.5 Å². The van der Waals surface area contributed by atoms with Gasteiger partial charge < -0.3 is 14.8 Å². The number of ether oxygens (including phenoxy) is 2. The molecule has 0 aliphatic carbocycles. The van der Waals surface area contributed by atoms with Crippen molar-refractivity contribution in [3.05, 3.63) is 47.0 Å². The van der Waals surface area contributed by atoms with Gasteiger partial charge in [-0.25, -0.2) is 8.42 Å². The standard InChI is InChI=1S/C23H28ClN3O5S/c1-2-26(15-17-5-8-21-22(13-17)32-16-31-21)12-9-23(28)25-20-14-18(6-7-19(20)24)33(29,30)27-10-3-4-11-27/h5-8,13-14H,2-4,9-12,15-16H2,1H3,(H,25,28). The maximum atomic E-state index is 12.8. The molecule has 1 N–H and O–H groups in total. The zero-order valence-corrected chi connectivity index (χ0v) is 20.1. The molecule has 2 heterocycles. The van der Waals surface area contributed by atoms with E-state index in [2.05, 4.69) is 10.2 Å². The van der Waals surface area contributed by atoms with Gasteiger partial charge in [-0.3, -0.25) is 9.69 Å². The number of fused-ring (bicyclic) bond motifs is 1. The summed E-state index contributed by atoms with van der Waals surface area (Å²) in [7, 11) is -3.59. The van der Waals surface area contributed by atoms with Crippen LogP contribution in [0.25, 0.3) is 0 Å². The first-order valence-electron chi connectivity index (χ1n) is 11.1. The molecule has 0 spiro atoms. The summed E-state index contributed by atoms with van der Waals surface area (Å²) in [6, 6.07) is 10.3. The van der Waals surface area contributed by atoms with Crippen LogP contribution >= 0.6 is 11.6 Å². The number of nitrogens with one attached hydrogen (secondary N) is 1. The molecule has 2 aliphatic rings. The quantitative estimate of drug-likeness (QED) is 0.573. The molecule has 1 fully saturated rings. The van der Waals surface area contributed by atoms with E-state index in [1.54, 1.807) is 0 Å². The first kappa shape index (κ1) is 23.8. The Balaban J connectivity index is 1.36. The summed E-state index contributed by atoms with van der Waals surface area (Å²) in [5, 5.41) is 3.08. The number of benzene rings is 2. The average molecular weight is 494 g/mol. The van der Waals surface area contributed by atoms with Crippen LogP contribution in [0.15, 0.2) is 41.3 Å². The Morgan fingerprint density at radius 3 is 2.64 bits per heavy atom. The fourth-order valence-electron chi connectivity index (χ4n) is 3.96. The van der Waals surface area contributed by atoms with Gasteiger partial charge in [-0.05, 0) is 55.3 Å². The minimum atomic E-state index is -3.59. The van der Waals surface area contributed by atoms with E-state index in [9.17, 15) is 13.2 Å². The average Bonchev–Trinajstić information content (AvgIpc) is 3.50. The van der Waals surface area contributed by atoms with E-state index in [1.165, 1.54) is 22.5 Å². The number of hydrogen-bond acceptors (Lipinski definition) is 6. The molecule has 0 aromatic heterocycles. The first-order chi connectivity index (χ1) is 15.9. The van der Waals surface area contributed by atoms with Crippen LogP contribution in [0, 0.1) is 0 Å². The van der Waals surface area contributed by atoms with Gasteiger partial charge >= 0.3 is 0 Å². The second-order valence-corrected chi connectivity index (χ2v) is 10.5. The number of amides is 1. The molecule has 4 rings (SSSR count). The molecule has 0 radical (unpaired) electrons. The van der Waals surface area contributed by atoms with Crippen LogP contribution in [-0.4, -0.2) is 56.5 Å². The normalized spacial score (nSPS) is 15.8. The Morgan fingerprint density at radius 1 is 1.12 bits per heavy atom. The molecule has 1 saturated heterocycles. The van der Waals surface area contributed by atoms with Crippen LogP contribution in [-0.2, 0) is 21.4 Å². The zero-order valence-electron chi connectivity index (χ0n) is 18.5. The van der Waals surface area contributed by atoms with Crippen molar-refractivity contribution in [2.24, 2.45) is 0 Å². The molecule has 2 aromatic carbocycles. The summed E-state index contributed by atoms with van der Waals surface area (Å²) in [5.41, 5.74) is 1.38. The van der Waals surface area contributed by atoms with Gasteiger partial charge in [0.1, 0.15) is 0 Å². The number of hydrogen-bond donors (Lipinski definition) is 1. The first-order valence-corrected chi connectivity index (χ1v) is 12.9. The number of halogens is 1. The maximum Gasteiger partial charge on any atom is 0.243 e. The van der Waals surface area contributed by atoms with Crippen molar-refractivity contribution < 1.29 is 22.7 Å². The lowest BCUT2D eigenvalue weighted by molar-refractivity contribution is -0.116. The van der Waals surface area contributed by atoms with Crippen LogP contribution in [0.3, 0.4) is 0 Å². The lowest BCUT2D eigenvalue weighted by Gasteiger charge is -2.20. The van der Waals surface area contributed by atoms with Gasteiger partial charge in [0.05, 0.1) is 15.6 Å². The molecule has 0 bridgehead atoms. The van der Waals surface area contributed by atoms with Crippen molar-refractivity contribution in [1.29, 1.82) is 0 Å². The predicted octanol–water partition coefficient (Wildman–Crippen LogP) is 3.70. The van der Waals surface area contributed by atoms with E-state index in [0.29, 0.717) is 36.9 Å². The van der Waals surface area contributed by atoms with Crippen LogP contribution < -0.4 is 14.8 Å². The van der Waals surface area contributed by atoms with E-state index < -0.39 is 10.0 Å². The second kappa shape index (κ2) is 10.3. The van der Waals surface area contributed by atoms with Crippen molar-refractivity contribution in [1.82, 2.24) is 9.21 Å². The Bertz CT molecular complexity index is 1120. The summed E-state index contributed by atoms with van der Waals surface area (Å²) in [6.45, 7) is 5.29. The van der Waals surface area contributed by atoms with Crippen LogP contribution in [0.4, 0.5) is 5.69 Å². The van der Waals surface area contributed by atoms with Gasteiger partial charge in [0.2, 0.25) is 22.7 Å². The van der Waals surface area contributed by atoms with Gasteiger partial charge in [0, 0.05) is 32.6 Å². The monoisotopic (exact) mass is 493 g/mol. The highest BCUT2D eigenvalue weighted by atomic mass is 35.5. The maximum absolute atomic E-state index is 12.8. The Labute approximate surface area is 199 Å². The Morgan fingerprint density at radius 2 is 1.88 bits per heavy atom. The lowest BCUT2D eigenvalue weighted by Crippen LogP contribution is -2.28. The zero-order chi connectivity index (χ0) is 23.4. The fraction of sp³-hybridized carbons (Fsp3) is 0.435. The second-order valence-electron chi connectivity index (χ2n) is 8.11. The van der Waals surface area contributed by atoms with Gasteiger partial charge in [-0.1, -0.05) is 24.6 Å². The highest BCUT2D eigenvalue weighted by molar-refractivity contribution is 7.89. The van der Waals surface area contributed by atoms with Crippen LogP contribution in [0.1, 0.15) is 31.7 Å². The molecule has 10 heteroatoms. The molecule has 0 unspecified atom stereocenters. The summed E-state index contributed by atoms with van der Waals surface area (Å²) < 4.78 is 37.9. The molecular formula is C23H28ClN3O5S. The predicted molar refractivity (Wildman–Crippen MR) is 126 cm³/mol. The van der Waals surface area contributed by atoms with E-state index >= 15 is 0 Å². The van der Waals surface area contributed by atoms with Crippen LogP contribution in [0.5, 0.6) is 11.5 Å². The van der Waals surface area contributed by atoms with Crippen molar-refractivity contribution in [3.8, 4) is 11.5 Å². The van der Waals surface area contributed by atoms with Crippen molar-refractivity contribution in [2.75, 3.05) is 38.3 Å². The third-order valence-electron chi connectivity index (χ3n) is 5.86. The SMILES string of the molecule is CCN(CCC(=O)Nc1cc(S(=O)(=O)N2CCCC2)ccc1Cl)Cc1ccc2c(c1)OCO2. The third-order valence-corrected chi connectivity index (χ3v) is 8.08. The Hall–Kier alpha value is -2.33. The largest absolute Gasteiger partial charge is 0.454 e. The molecule has 2 aliphatic heterocycles. The minimum absolute atomic E-state index is 0.141. The van der Waals surface area contributed by atoms with E-state index in [0.717, 1.165) is 36.4 Å². The van der Waals surface area contributed by atoms with Crippen molar-refractivity contribution in [3.63, 3.8) is 0 Å². The molecule has 8 nitrogen and oxygen atoms in total. The summed E-state index contributed by atoms with van der Waals surface area (Å²) in [4.78, 5) is 14.9. The van der Waals surface area contributed by atoms with E-state index in [4.69, 9.17) is 21.1 Å². The molecule has 2 aromatic rings. The molecule has 0 atom stereocenters. The van der Waals surface area contributed by atoms with Crippen molar-refractivity contribution >= 4 is 33.2 Å². The molecule has 33 heavy (non-hydrogen) atoms. The minimum Gasteiger partial charge on any atom is -0.454 e. The Kier molecular flexibility index (Phi) is 7.43. The number of nitrogens with zero attached hydrogens (tertiary/aromatic N) is 2. The highest BCUT2D eigenvalue weighted by Crippen LogP contribution is 2.33. The van der Waals surface area contributed by atoms with Gasteiger partial charge in [-0.15, -0.1) is 0 Å². The molecular weight excluding hydrogens is 466 g/mol. The number of anilines is 1. The highest BCUT2D eigenvalue weighted by Gasteiger charge is 2.27.